The number of benzene rings is 1. The van der Waals surface area contributed by atoms with E-state index in [2.05, 4.69) is 114 Å². The second kappa shape index (κ2) is 16.5. The highest BCUT2D eigenvalue weighted by molar-refractivity contribution is 6.06. The lowest BCUT2D eigenvalue weighted by Gasteiger charge is -2.68. The maximum Gasteiger partial charge on any atom is 0.230 e. The fourth-order valence-corrected chi connectivity index (χ4v) is 14.4. The fraction of sp³-hybridized carbons (Fsp3) is 0.725. The Morgan fingerprint density at radius 3 is 2.33 bits per heavy atom. The van der Waals surface area contributed by atoms with Crippen LogP contribution in [-0.2, 0) is 16.1 Å². The number of carbonyl (C=O) groups is 2. The molecule has 3 saturated carbocycles. The summed E-state index contributed by atoms with van der Waals surface area (Å²) in [6.45, 7) is 21.3. The number of Topliss-reactive ketones (excluding diaryl/α,β-unsaturated/α-hetero) is 1. The van der Waals surface area contributed by atoms with Crippen molar-refractivity contribution in [3.8, 4) is 0 Å². The summed E-state index contributed by atoms with van der Waals surface area (Å²) in [4.78, 5) is 33.6. The van der Waals surface area contributed by atoms with Gasteiger partial charge in [-0.2, -0.15) is 0 Å². The van der Waals surface area contributed by atoms with Gasteiger partial charge in [0, 0.05) is 45.8 Å². The maximum atomic E-state index is 14.8. The summed E-state index contributed by atoms with van der Waals surface area (Å²) in [6.07, 6.45) is 17.7. The van der Waals surface area contributed by atoms with Gasteiger partial charge in [-0.1, -0.05) is 83.5 Å². The Morgan fingerprint density at radius 1 is 0.912 bits per heavy atom. The zero-order valence-corrected chi connectivity index (χ0v) is 37.3. The molecule has 0 aliphatic heterocycles. The van der Waals surface area contributed by atoms with Crippen LogP contribution >= 0.6 is 0 Å². The van der Waals surface area contributed by atoms with Gasteiger partial charge in [0.25, 0.3) is 0 Å². The number of aliphatic hydroxyl groups is 1. The number of fused-ring (bicyclic) bond motifs is 7. The molecular weight excluding hydrogens is 703 g/mol. The molecule has 6 aliphatic carbocycles. The van der Waals surface area contributed by atoms with E-state index in [1.54, 1.807) is 11.1 Å². The summed E-state index contributed by atoms with van der Waals surface area (Å²) in [5, 5.41) is 13.0. The fourth-order valence-electron chi connectivity index (χ4n) is 14.4. The van der Waals surface area contributed by atoms with E-state index in [-0.39, 0.29) is 33.9 Å². The number of nitrogens with one attached hydrogen (secondary N) is 1. The van der Waals surface area contributed by atoms with E-state index in [1.807, 2.05) is 0 Å². The van der Waals surface area contributed by atoms with Gasteiger partial charge >= 0.3 is 0 Å². The number of rotatable bonds is 13. The van der Waals surface area contributed by atoms with Gasteiger partial charge in [0.2, 0.25) is 5.91 Å². The first-order valence-corrected chi connectivity index (χ1v) is 23.0. The van der Waals surface area contributed by atoms with E-state index in [0.29, 0.717) is 49.2 Å². The van der Waals surface area contributed by atoms with E-state index >= 15 is 0 Å². The molecule has 0 radical (unpaired) electrons. The predicted octanol–water partition coefficient (Wildman–Crippen LogP) is 9.71. The monoisotopic (exact) mass is 780 g/mol. The van der Waals surface area contributed by atoms with Gasteiger partial charge in [0.05, 0.1) is 5.41 Å². The molecule has 3 fully saturated rings. The van der Waals surface area contributed by atoms with Crippen LogP contribution in [0.3, 0.4) is 0 Å². The molecule has 1 aromatic carbocycles. The standard InChI is InChI=1S/C51H77N3O3/c1-34(2)45-42(56)32-51(47(57)52-27-28-54(30-29-53(8)9)33-37-12-10-35(3)11-13-37)26-21-41-39(46(45)51)18-19-44-49(41,6)25-22-43-48(4,5)40(20-24-50(43,44)7)38-16-14-36(15-17-38)23-31-55/h10-13,16,20,34,36,39,41,43-44,55H,14-15,17-19,21-33H2,1-9H3,(H,52,57)/t36-,39?,41?,43?,44?,49?,50?,51?/m1/s1. The van der Waals surface area contributed by atoms with Crippen LogP contribution in [-0.4, -0.2) is 73.5 Å². The summed E-state index contributed by atoms with van der Waals surface area (Å²) in [5.74, 6) is 3.21. The Kier molecular flexibility index (Phi) is 12.3. The van der Waals surface area contributed by atoms with Crippen molar-refractivity contribution in [3.63, 3.8) is 0 Å². The minimum absolute atomic E-state index is 0.109. The molecule has 57 heavy (non-hydrogen) atoms. The van der Waals surface area contributed by atoms with E-state index in [9.17, 15) is 14.7 Å². The quantitative estimate of drug-likeness (QED) is 0.209. The first-order chi connectivity index (χ1) is 27.0. The van der Waals surface area contributed by atoms with Crippen LogP contribution < -0.4 is 5.32 Å². The number of amides is 1. The molecule has 0 spiro atoms. The Labute approximate surface area is 346 Å². The van der Waals surface area contributed by atoms with E-state index in [4.69, 9.17) is 0 Å². The lowest BCUT2D eigenvalue weighted by Crippen LogP contribution is -2.61. The minimum atomic E-state index is -0.693. The van der Waals surface area contributed by atoms with Gasteiger partial charge in [-0.3, -0.25) is 14.5 Å². The second-order valence-corrected chi connectivity index (χ2v) is 21.4. The molecule has 1 amide bonds. The lowest BCUT2D eigenvalue weighted by molar-refractivity contribution is -0.162. The Bertz CT molecular complexity index is 1750. The van der Waals surface area contributed by atoms with Crippen LogP contribution in [0.25, 0.3) is 0 Å². The molecule has 6 nitrogen and oxygen atoms in total. The normalized spacial score (nSPS) is 34.8. The highest BCUT2D eigenvalue weighted by Crippen LogP contribution is 2.73. The number of likely N-dealkylation sites (N-methyl/N-ethyl adjacent to an activating group) is 1. The third-order valence-electron chi connectivity index (χ3n) is 17.1. The van der Waals surface area contributed by atoms with Gasteiger partial charge in [-0.05, 0) is 171 Å². The third kappa shape index (κ3) is 7.72. The molecule has 2 N–H and O–H groups in total. The zero-order valence-electron chi connectivity index (χ0n) is 37.3. The number of carbonyl (C=O) groups excluding carboxylic acids is 2. The van der Waals surface area contributed by atoms with Crippen LogP contribution in [0.5, 0.6) is 0 Å². The summed E-state index contributed by atoms with van der Waals surface area (Å²) >= 11 is 0. The largest absolute Gasteiger partial charge is 0.396 e. The van der Waals surface area contributed by atoms with Crippen LogP contribution in [0, 0.1) is 64.1 Å². The van der Waals surface area contributed by atoms with Gasteiger partial charge in [-0.15, -0.1) is 0 Å². The summed E-state index contributed by atoms with van der Waals surface area (Å²) in [6, 6.07) is 8.81. The van der Waals surface area contributed by atoms with Crippen molar-refractivity contribution in [3.05, 3.63) is 69.8 Å². The average molecular weight is 780 g/mol. The van der Waals surface area contributed by atoms with Gasteiger partial charge < -0.3 is 15.3 Å². The predicted molar refractivity (Wildman–Crippen MR) is 233 cm³/mol. The third-order valence-corrected chi connectivity index (χ3v) is 17.1. The van der Waals surface area contributed by atoms with E-state index < -0.39 is 5.41 Å². The number of hydrogen-bond acceptors (Lipinski definition) is 5. The molecule has 1 aromatic rings. The molecule has 7 rings (SSSR count). The Balaban J connectivity index is 1.10. The number of ketones is 1. The van der Waals surface area contributed by atoms with Gasteiger partial charge in [-0.25, -0.2) is 0 Å². The summed E-state index contributed by atoms with van der Waals surface area (Å²) in [7, 11) is 4.24. The first kappa shape index (κ1) is 42.6. The SMILES string of the molecule is Cc1ccc(CN(CCNC(=O)C23CCC4C(CCC5C4(C)CCC4C(C)(C)C(C6=CC[C@@H](CCO)CC6)=CCC45C)C2=C(C(C)C)C(=O)C3)CCN(C)C)cc1. The molecule has 6 aliphatic rings. The number of allylic oxidation sites excluding steroid dienone is 5. The minimum Gasteiger partial charge on any atom is -0.396 e. The molecule has 8 atom stereocenters. The van der Waals surface area contributed by atoms with Crippen molar-refractivity contribution in [2.45, 2.75) is 132 Å². The summed E-state index contributed by atoms with van der Waals surface area (Å²) < 4.78 is 0. The van der Waals surface area contributed by atoms with E-state index in [1.165, 1.54) is 42.4 Å². The second-order valence-electron chi connectivity index (χ2n) is 21.4. The first-order valence-electron chi connectivity index (χ1n) is 23.0. The molecule has 0 saturated heterocycles. The maximum absolute atomic E-state index is 14.8. The smallest absolute Gasteiger partial charge is 0.230 e. The van der Waals surface area contributed by atoms with Crippen molar-refractivity contribution in [1.82, 2.24) is 15.1 Å². The molecule has 7 unspecified atom stereocenters. The van der Waals surface area contributed by atoms with Crippen LogP contribution in [0.1, 0.15) is 130 Å². The number of aliphatic hydroxyl groups excluding tert-OH is 1. The Morgan fingerprint density at radius 2 is 1.67 bits per heavy atom. The highest BCUT2D eigenvalue weighted by Gasteiger charge is 2.66. The van der Waals surface area contributed by atoms with Gasteiger partial charge in [0.1, 0.15) is 0 Å². The zero-order chi connectivity index (χ0) is 40.9. The average Bonchev–Trinajstić information content (AvgIpc) is 3.48. The molecule has 0 bridgehead atoms. The summed E-state index contributed by atoms with van der Waals surface area (Å²) in [5.41, 5.74) is 7.91. The van der Waals surface area contributed by atoms with Crippen LogP contribution in [0.15, 0.2) is 58.7 Å². The number of aryl methyl sites for hydroxylation is 1. The van der Waals surface area contributed by atoms with Gasteiger partial charge in [0.15, 0.2) is 5.78 Å². The molecule has 6 heteroatoms. The number of nitrogens with zero attached hydrogens (tertiary/aromatic N) is 2. The van der Waals surface area contributed by atoms with Crippen LogP contribution in [0.2, 0.25) is 0 Å². The van der Waals surface area contributed by atoms with Crippen molar-refractivity contribution in [2.24, 2.45) is 57.2 Å². The Hall–Kier alpha value is -2.54. The molecule has 0 heterocycles. The molecule has 0 aromatic heterocycles. The molecule has 314 valence electrons. The molecular formula is C51H77N3O3. The van der Waals surface area contributed by atoms with Crippen molar-refractivity contribution in [1.29, 1.82) is 0 Å². The van der Waals surface area contributed by atoms with E-state index in [0.717, 1.165) is 76.7 Å². The van der Waals surface area contributed by atoms with Crippen molar-refractivity contribution in [2.75, 3.05) is 46.9 Å². The lowest BCUT2D eigenvalue weighted by atomic mass is 9.37. The topological polar surface area (TPSA) is 72.9 Å². The highest BCUT2D eigenvalue weighted by atomic mass is 16.3. The van der Waals surface area contributed by atoms with Crippen molar-refractivity contribution >= 4 is 11.7 Å². The number of hydrogen-bond donors (Lipinski definition) is 2. The van der Waals surface area contributed by atoms with Crippen molar-refractivity contribution < 1.29 is 14.7 Å². The van der Waals surface area contributed by atoms with Crippen LogP contribution in [0.4, 0.5) is 0 Å².